The summed E-state index contributed by atoms with van der Waals surface area (Å²) in [7, 11) is 1.26. The number of aliphatic hydroxyl groups excluding tert-OH is 2. The van der Waals surface area contributed by atoms with E-state index in [-0.39, 0.29) is 0 Å². The van der Waals surface area contributed by atoms with Gasteiger partial charge in [-0.2, -0.15) is 0 Å². The van der Waals surface area contributed by atoms with E-state index in [0.717, 1.165) is 0 Å². The standard InChI is InChI=1S/C6H10O4S/c1-10-6(9)5-4(8)3(7)2-11-5/h3-5,7-8H,2H2,1H3/t3-,4+,5-/m0/s1. The van der Waals surface area contributed by atoms with Crippen molar-refractivity contribution in [2.45, 2.75) is 17.5 Å². The van der Waals surface area contributed by atoms with E-state index in [1.54, 1.807) is 0 Å². The first-order valence-electron chi connectivity index (χ1n) is 3.22. The van der Waals surface area contributed by atoms with Crippen LogP contribution in [0.4, 0.5) is 0 Å². The molecular weight excluding hydrogens is 168 g/mol. The number of esters is 1. The highest BCUT2D eigenvalue weighted by Crippen LogP contribution is 2.27. The molecular formula is C6H10O4S. The molecule has 0 unspecified atom stereocenters. The van der Waals surface area contributed by atoms with Gasteiger partial charge >= 0.3 is 5.97 Å². The largest absolute Gasteiger partial charge is 0.468 e. The van der Waals surface area contributed by atoms with E-state index in [2.05, 4.69) is 4.74 Å². The predicted octanol–water partition coefficient (Wildman–Crippen LogP) is -1.00. The van der Waals surface area contributed by atoms with Gasteiger partial charge in [-0.25, -0.2) is 0 Å². The molecule has 1 rings (SSSR count). The molecule has 2 N–H and O–H groups in total. The van der Waals surface area contributed by atoms with Gasteiger partial charge in [-0.05, 0) is 0 Å². The molecule has 0 radical (unpaired) electrons. The maximum absolute atomic E-state index is 10.9. The highest BCUT2D eigenvalue weighted by atomic mass is 32.2. The van der Waals surface area contributed by atoms with E-state index >= 15 is 0 Å². The fraction of sp³-hybridized carbons (Fsp3) is 0.833. The Bertz CT molecular complexity index is 161. The number of hydrogen-bond acceptors (Lipinski definition) is 5. The van der Waals surface area contributed by atoms with Gasteiger partial charge in [0, 0.05) is 5.75 Å². The van der Waals surface area contributed by atoms with Crippen molar-refractivity contribution >= 4 is 17.7 Å². The lowest BCUT2D eigenvalue weighted by molar-refractivity contribution is -0.142. The van der Waals surface area contributed by atoms with Gasteiger partial charge in [0.1, 0.15) is 11.4 Å². The Morgan fingerprint density at radius 3 is 2.64 bits per heavy atom. The molecule has 1 saturated heterocycles. The van der Waals surface area contributed by atoms with Crippen molar-refractivity contribution < 1.29 is 19.7 Å². The first-order chi connectivity index (χ1) is 5.16. The second-order valence-corrected chi connectivity index (χ2v) is 3.51. The molecule has 1 fully saturated rings. The molecule has 0 amide bonds. The molecule has 0 aromatic carbocycles. The Morgan fingerprint density at radius 1 is 1.64 bits per heavy atom. The predicted molar refractivity (Wildman–Crippen MR) is 40.3 cm³/mol. The first-order valence-corrected chi connectivity index (χ1v) is 4.27. The van der Waals surface area contributed by atoms with Crippen molar-refractivity contribution in [2.24, 2.45) is 0 Å². The van der Waals surface area contributed by atoms with Gasteiger partial charge in [0.15, 0.2) is 0 Å². The number of carbonyl (C=O) groups excluding carboxylic acids is 1. The van der Waals surface area contributed by atoms with Crippen LogP contribution in [0, 0.1) is 0 Å². The molecule has 1 heterocycles. The zero-order valence-corrected chi connectivity index (χ0v) is 6.87. The lowest BCUT2D eigenvalue weighted by Gasteiger charge is -2.11. The maximum atomic E-state index is 10.9. The van der Waals surface area contributed by atoms with Gasteiger partial charge in [0.05, 0.1) is 13.2 Å². The zero-order valence-electron chi connectivity index (χ0n) is 6.06. The lowest BCUT2D eigenvalue weighted by Crippen LogP contribution is -2.34. The molecule has 0 aliphatic carbocycles. The van der Waals surface area contributed by atoms with Gasteiger partial charge < -0.3 is 14.9 Å². The fourth-order valence-corrected chi connectivity index (χ4v) is 2.14. The van der Waals surface area contributed by atoms with Crippen molar-refractivity contribution in [3.8, 4) is 0 Å². The average molecular weight is 178 g/mol. The molecule has 1 aliphatic heterocycles. The van der Waals surface area contributed by atoms with Crippen molar-refractivity contribution in [2.75, 3.05) is 12.9 Å². The van der Waals surface area contributed by atoms with Gasteiger partial charge in [-0.3, -0.25) is 4.79 Å². The summed E-state index contributed by atoms with van der Waals surface area (Å²) in [6, 6.07) is 0. The van der Waals surface area contributed by atoms with Crippen molar-refractivity contribution in [1.82, 2.24) is 0 Å². The van der Waals surface area contributed by atoms with E-state index in [0.29, 0.717) is 5.75 Å². The first kappa shape index (κ1) is 8.83. The summed E-state index contributed by atoms with van der Waals surface area (Å²) < 4.78 is 4.42. The summed E-state index contributed by atoms with van der Waals surface area (Å²) in [6.07, 6.45) is -1.78. The van der Waals surface area contributed by atoms with E-state index in [4.69, 9.17) is 5.11 Å². The number of carbonyl (C=O) groups is 1. The van der Waals surface area contributed by atoms with Gasteiger partial charge in [0.25, 0.3) is 0 Å². The molecule has 0 bridgehead atoms. The summed E-state index contributed by atoms with van der Waals surface area (Å²) >= 11 is 1.22. The van der Waals surface area contributed by atoms with Crippen LogP contribution in [0.5, 0.6) is 0 Å². The molecule has 5 heteroatoms. The minimum absolute atomic E-state index is 0.390. The molecule has 11 heavy (non-hydrogen) atoms. The highest BCUT2D eigenvalue weighted by molar-refractivity contribution is 8.01. The van der Waals surface area contributed by atoms with Crippen LogP contribution < -0.4 is 0 Å². The van der Waals surface area contributed by atoms with E-state index in [1.807, 2.05) is 0 Å². The molecule has 3 atom stereocenters. The summed E-state index contributed by atoms with van der Waals surface area (Å²) in [6.45, 7) is 0. The average Bonchev–Trinajstić information content (AvgIpc) is 2.32. The lowest BCUT2D eigenvalue weighted by atomic mass is 10.2. The molecule has 0 aromatic rings. The monoisotopic (exact) mass is 178 g/mol. The van der Waals surface area contributed by atoms with Crippen LogP contribution in [0.3, 0.4) is 0 Å². The van der Waals surface area contributed by atoms with Crippen LogP contribution >= 0.6 is 11.8 Å². The molecule has 0 spiro atoms. The normalized spacial score (nSPS) is 37.2. The van der Waals surface area contributed by atoms with Crippen LogP contribution in [0.15, 0.2) is 0 Å². The van der Waals surface area contributed by atoms with Crippen LogP contribution in [0.25, 0.3) is 0 Å². The molecule has 0 saturated carbocycles. The van der Waals surface area contributed by atoms with Gasteiger partial charge in [0.2, 0.25) is 0 Å². The summed E-state index contributed by atoms with van der Waals surface area (Å²) in [5.74, 6) is -0.0833. The minimum atomic E-state index is -0.979. The third-order valence-electron chi connectivity index (χ3n) is 1.58. The number of hydrogen-bond donors (Lipinski definition) is 2. The van der Waals surface area contributed by atoms with Crippen LogP contribution in [0.2, 0.25) is 0 Å². The molecule has 4 nitrogen and oxygen atoms in total. The summed E-state index contributed by atoms with van der Waals surface area (Å²) in [5.41, 5.74) is 0. The minimum Gasteiger partial charge on any atom is -0.468 e. The SMILES string of the molecule is COC(=O)[C@H]1SC[C@H](O)[C@H]1O. The van der Waals surface area contributed by atoms with E-state index < -0.39 is 23.4 Å². The summed E-state index contributed by atoms with van der Waals surface area (Å²) in [5, 5.41) is 17.6. The fourth-order valence-electron chi connectivity index (χ4n) is 0.925. The van der Waals surface area contributed by atoms with Crippen LogP contribution in [-0.4, -0.2) is 46.5 Å². The van der Waals surface area contributed by atoms with Gasteiger partial charge in [-0.15, -0.1) is 11.8 Å². The quantitative estimate of drug-likeness (QED) is 0.504. The van der Waals surface area contributed by atoms with Crippen LogP contribution in [0.1, 0.15) is 0 Å². The Hall–Kier alpha value is -0.260. The molecule has 0 aromatic heterocycles. The Kier molecular flexibility index (Phi) is 2.75. The Labute approximate surface area is 68.5 Å². The van der Waals surface area contributed by atoms with Crippen LogP contribution in [-0.2, 0) is 9.53 Å². The maximum Gasteiger partial charge on any atom is 0.321 e. The second kappa shape index (κ2) is 3.42. The highest BCUT2D eigenvalue weighted by Gasteiger charge is 2.39. The third-order valence-corrected chi connectivity index (χ3v) is 2.95. The third kappa shape index (κ3) is 1.66. The Balaban J connectivity index is 2.54. The van der Waals surface area contributed by atoms with Crippen molar-refractivity contribution in [3.63, 3.8) is 0 Å². The number of rotatable bonds is 1. The van der Waals surface area contributed by atoms with E-state index in [9.17, 15) is 9.90 Å². The number of ether oxygens (including phenoxy) is 1. The molecule has 1 aliphatic rings. The smallest absolute Gasteiger partial charge is 0.321 e. The van der Waals surface area contributed by atoms with Crippen molar-refractivity contribution in [1.29, 1.82) is 0 Å². The second-order valence-electron chi connectivity index (χ2n) is 2.34. The summed E-state index contributed by atoms with van der Waals surface area (Å²) in [4.78, 5) is 10.9. The number of aliphatic hydroxyl groups is 2. The molecule has 64 valence electrons. The Morgan fingerprint density at radius 2 is 2.27 bits per heavy atom. The zero-order chi connectivity index (χ0) is 8.43. The van der Waals surface area contributed by atoms with Crippen molar-refractivity contribution in [3.05, 3.63) is 0 Å². The topological polar surface area (TPSA) is 66.8 Å². The number of thioether (sulfide) groups is 1. The number of methoxy groups -OCH3 is 1. The van der Waals surface area contributed by atoms with E-state index in [1.165, 1.54) is 18.9 Å². The van der Waals surface area contributed by atoms with Gasteiger partial charge in [-0.1, -0.05) is 0 Å².